The molecule has 2 aliphatic heterocycles. The lowest BCUT2D eigenvalue weighted by atomic mass is 9.98. The molecule has 1 aromatic rings. The summed E-state index contributed by atoms with van der Waals surface area (Å²) in [6.45, 7) is 3.77. The van der Waals surface area contributed by atoms with Gasteiger partial charge in [0.1, 0.15) is 0 Å². The van der Waals surface area contributed by atoms with Gasteiger partial charge in [0.2, 0.25) is 17.7 Å². The number of carbonyl (C=O) groups excluding carboxylic acids is 4. The molecule has 8 heteroatoms. The largest absolute Gasteiger partial charge is 0.466 e. The molecule has 31 heavy (non-hydrogen) atoms. The molecule has 0 radical (unpaired) electrons. The first-order chi connectivity index (χ1) is 14.9. The maximum absolute atomic E-state index is 12.9. The van der Waals surface area contributed by atoms with E-state index in [9.17, 15) is 19.2 Å². The number of carbonyl (C=O) groups is 4. The molecular weight excluding hydrogens is 398 g/mol. The monoisotopic (exact) mass is 429 g/mol. The molecule has 3 rings (SSSR count). The van der Waals surface area contributed by atoms with E-state index in [0.29, 0.717) is 39.2 Å². The first-order valence-electron chi connectivity index (χ1n) is 10.9. The molecule has 3 amide bonds. The minimum Gasteiger partial charge on any atom is -0.466 e. The highest BCUT2D eigenvalue weighted by molar-refractivity contribution is 5.91. The van der Waals surface area contributed by atoms with Gasteiger partial charge in [-0.25, -0.2) is 0 Å². The smallest absolute Gasteiger partial charge is 0.310 e. The van der Waals surface area contributed by atoms with Crippen molar-refractivity contribution in [2.45, 2.75) is 32.7 Å². The fraction of sp³-hybridized carbons (Fsp3) is 0.565. The number of likely N-dealkylation sites (tertiary alicyclic amines) is 2. The topological polar surface area (TPSA) is 87.2 Å². The van der Waals surface area contributed by atoms with Gasteiger partial charge in [-0.1, -0.05) is 30.3 Å². The minimum absolute atomic E-state index is 0.0461. The summed E-state index contributed by atoms with van der Waals surface area (Å²) in [4.78, 5) is 54.7. The standard InChI is InChI=1S/C23H31N3O5/c1-3-31-23(30)18-10-7-11-25(14-18)21(28)16-24(2)22(29)19-12-20(27)26(15-19)13-17-8-5-4-6-9-17/h4-6,8-9,18-19H,3,7,10-16H2,1-2H3. The molecule has 2 heterocycles. The molecule has 2 fully saturated rings. The molecule has 2 aliphatic rings. The zero-order valence-corrected chi connectivity index (χ0v) is 18.3. The fourth-order valence-electron chi connectivity index (χ4n) is 4.24. The predicted molar refractivity (Wildman–Crippen MR) is 114 cm³/mol. The molecule has 168 valence electrons. The van der Waals surface area contributed by atoms with E-state index in [-0.39, 0.29) is 42.6 Å². The van der Waals surface area contributed by atoms with Crippen molar-refractivity contribution in [2.24, 2.45) is 11.8 Å². The van der Waals surface area contributed by atoms with Crippen LogP contribution >= 0.6 is 0 Å². The van der Waals surface area contributed by atoms with E-state index in [2.05, 4.69) is 0 Å². The summed E-state index contributed by atoms with van der Waals surface area (Å²) in [6, 6.07) is 9.67. The van der Waals surface area contributed by atoms with Crippen molar-refractivity contribution in [2.75, 3.05) is 39.8 Å². The Morgan fingerprint density at radius 2 is 1.87 bits per heavy atom. The second-order valence-electron chi connectivity index (χ2n) is 8.29. The lowest BCUT2D eigenvalue weighted by Gasteiger charge is -2.33. The van der Waals surface area contributed by atoms with E-state index in [0.717, 1.165) is 12.0 Å². The molecule has 2 saturated heterocycles. The highest BCUT2D eigenvalue weighted by Gasteiger charge is 2.37. The molecule has 2 unspecified atom stereocenters. The number of hydrogen-bond acceptors (Lipinski definition) is 5. The van der Waals surface area contributed by atoms with Crippen LogP contribution in [0, 0.1) is 11.8 Å². The third-order valence-corrected chi connectivity index (χ3v) is 5.92. The average Bonchev–Trinajstić information content (AvgIpc) is 3.14. The Morgan fingerprint density at radius 3 is 2.58 bits per heavy atom. The van der Waals surface area contributed by atoms with Gasteiger partial charge in [0.25, 0.3) is 0 Å². The van der Waals surface area contributed by atoms with Crippen molar-refractivity contribution in [3.8, 4) is 0 Å². The van der Waals surface area contributed by atoms with Crippen LogP contribution in [0.15, 0.2) is 30.3 Å². The maximum Gasteiger partial charge on any atom is 0.310 e. The summed E-state index contributed by atoms with van der Waals surface area (Å²) in [5, 5.41) is 0. The van der Waals surface area contributed by atoms with E-state index in [1.165, 1.54) is 4.90 Å². The third kappa shape index (κ3) is 5.83. The molecule has 0 spiro atoms. The number of ether oxygens (including phenoxy) is 1. The van der Waals surface area contributed by atoms with Crippen molar-refractivity contribution >= 4 is 23.7 Å². The van der Waals surface area contributed by atoms with E-state index in [4.69, 9.17) is 4.74 Å². The Morgan fingerprint density at radius 1 is 1.13 bits per heavy atom. The zero-order valence-electron chi connectivity index (χ0n) is 18.3. The van der Waals surface area contributed by atoms with E-state index < -0.39 is 5.92 Å². The normalized spacial score (nSPS) is 21.2. The summed E-state index contributed by atoms with van der Waals surface area (Å²) in [5.41, 5.74) is 1.02. The van der Waals surface area contributed by atoms with Crippen molar-refractivity contribution in [3.05, 3.63) is 35.9 Å². The molecule has 0 aromatic heterocycles. The number of piperidine rings is 1. The number of amides is 3. The van der Waals surface area contributed by atoms with Crippen LogP contribution in [0.4, 0.5) is 0 Å². The Kier molecular flexibility index (Phi) is 7.65. The summed E-state index contributed by atoms with van der Waals surface area (Å²) < 4.78 is 5.08. The minimum atomic E-state index is -0.442. The molecule has 0 bridgehead atoms. The number of benzene rings is 1. The quantitative estimate of drug-likeness (QED) is 0.610. The number of rotatable bonds is 7. The van der Waals surface area contributed by atoms with E-state index in [1.54, 1.807) is 23.8 Å². The SMILES string of the molecule is CCOC(=O)C1CCCN(C(=O)CN(C)C(=O)C2CC(=O)N(Cc3ccccc3)C2)C1. The van der Waals surface area contributed by atoms with Gasteiger partial charge >= 0.3 is 5.97 Å². The van der Waals surface area contributed by atoms with E-state index in [1.807, 2.05) is 30.3 Å². The van der Waals surface area contributed by atoms with Crippen LogP contribution in [-0.2, 0) is 30.5 Å². The average molecular weight is 430 g/mol. The molecular formula is C23H31N3O5. The molecule has 0 N–H and O–H groups in total. The van der Waals surface area contributed by atoms with Crippen LogP contribution in [0.5, 0.6) is 0 Å². The number of esters is 1. The lowest BCUT2D eigenvalue weighted by Crippen LogP contribution is -2.48. The molecule has 0 saturated carbocycles. The molecule has 1 aromatic carbocycles. The van der Waals surface area contributed by atoms with Crippen LogP contribution in [-0.4, -0.2) is 78.2 Å². The van der Waals surface area contributed by atoms with Gasteiger partial charge < -0.3 is 19.4 Å². The van der Waals surface area contributed by atoms with E-state index >= 15 is 0 Å². The second-order valence-corrected chi connectivity index (χ2v) is 8.29. The van der Waals surface area contributed by atoms with Crippen LogP contribution in [0.1, 0.15) is 31.7 Å². The molecule has 2 atom stereocenters. The molecule has 0 aliphatic carbocycles. The van der Waals surface area contributed by atoms with Crippen LogP contribution < -0.4 is 0 Å². The van der Waals surface area contributed by atoms with Crippen molar-refractivity contribution in [3.63, 3.8) is 0 Å². The summed E-state index contributed by atoms with van der Waals surface area (Å²) in [7, 11) is 1.59. The highest BCUT2D eigenvalue weighted by Crippen LogP contribution is 2.22. The first kappa shape index (κ1) is 22.8. The van der Waals surface area contributed by atoms with Crippen LogP contribution in [0.25, 0.3) is 0 Å². The van der Waals surface area contributed by atoms with Crippen LogP contribution in [0.3, 0.4) is 0 Å². The van der Waals surface area contributed by atoms with Crippen LogP contribution in [0.2, 0.25) is 0 Å². The Balaban J connectivity index is 1.51. The Labute approximate surface area is 183 Å². The van der Waals surface area contributed by atoms with Gasteiger partial charge in [-0.15, -0.1) is 0 Å². The third-order valence-electron chi connectivity index (χ3n) is 5.92. The maximum atomic E-state index is 12.9. The van der Waals surface area contributed by atoms with Gasteiger partial charge in [-0.3, -0.25) is 19.2 Å². The summed E-state index contributed by atoms with van der Waals surface area (Å²) in [6.07, 6.45) is 1.61. The van der Waals surface area contributed by atoms with Gasteiger partial charge in [0.15, 0.2) is 0 Å². The lowest BCUT2D eigenvalue weighted by molar-refractivity contribution is -0.152. The first-order valence-corrected chi connectivity index (χ1v) is 10.9. The fourth-order valence-corrected chi connectivity index (χ4v) is 4.24. The van der Waals surface area contributed by atoms with Gasteiger partial charge in [-0.2, -0.15) is 0 Å². The second kappa shape index (κ2) is 10.4. The Bertz CT molecular complexity index is 813. The van der Waals surface area contributed by atoms with Gasteiger partial charge in [0, 0.05) is 39.6 Å². The van der Waals surface area contributed by atoms with Gasteiger partial charge in [-0.05, 0) is 25.3 Å². The zero-order chi connectivity index (χ0) is 22.4. The summed E-state index contributed by atoms with van der Waals surface area (Å²) >= 11 is 0. The van der Waals surface area contributed by atoms with Crippen molar-refractivity contribution < 1.29 is 23.9 Å². The van der Waals surface area contributed by atoms with Gasteiger partial charge in [0.05, 0.1) is 25.0 Å². The molecule has 8 nitrogen and oxygen atoms in total. The van der Waals surface area contributed by atoms with Crippen molar-refractivity contribution in [1.29, 1.82) is 0 Å². The number of nitrogens with zero attached hydrogens (tertiary/aromatic N) is 3. The number of hydrogen-bond donors (Lipinski definition) is 0. The Hall–Kier alpha value is -2.90. The highest BCUT2D eigenvalue weighted by atomic mass is 16.5. The summed E-state index contributed by atoms with van der Waals surface area (Å²) in [5.74, 6) is -1.45. The van der Waals surface area contributed by atoms with Crippen molar-refractivity contribution in [1.82, 2.24) is 14.7 Å². The predicted octanol–water partition coefficient (Wildman–Crippen LogP) is 1.30. The number of likely N-dealkylation sites (N-methyl/N-ethyl adjacent to an activating group) is 1.